The number of benzene rings is 4. The molecule has 0 aliphatic carbocycles. The molecule has 4 aromatic carbocycles. The fourth-order valence-corrected chi connectivity index (χ4v) is 7.31. The molecule has 0 radical (unpaired) electrons. The highest BCUT2D eigenvalue weighted by atomic mass is 16.5. The number of allylic oxidation sites excluding steroid dienone is 4. The van der Waals surface area contributed by atoms with Gasteiger partial charge in [-0.1, -0.05) is 47.6 Å². The van der Waals surface area contributed by atoms with Gasteiger partial charge in [-0.2, -0.15) is 0 Å². The molecule has 0 fully saturated rings. The van der Waals surface area contributed by atoms with Crippen LogP contribution >= 0.6 is 0 Å². The number of hydrogen-bond donors (Lipinski definition) is 3. The third-order valence-corrected chi connectivity index (χ3v) is 10.6. The zero-order chi connectivity index (χ0) is 44.0. The molecule has 0 spiro atoms. The van der Waals surface area contributed by atoms with Gasteiger partial charge in [-0.3, -0.25) is 9.59 Å². The van der Waals surface area contributed by atoms with Crippen LogP contribution in [0.15, 0.2) is 115 Å². The Labute approximate surface area is 354 Å². The van der Waals surface area contributed by atoms with Crippen LogP contribution in [0.3, 0.4) is 0 Å². The maximum atomic E-state index is 13.5. The van der Waals surface area contributed by atoms with Crippen molar-refractivity contribution in [2.45, 2.75) is 79.4 Å². The zero-order valence-corrected chi connectivity index (χ0v) is 35.9. The fourth-order valence-electron chi connectivity index (χ4n) is 7.31. The number of methoxy groups -OCH3 is 1. The largest absolute Gasteiger partial charge is 0.508 e. The Kier molecular flexibility index (Phi) is 11.2. The molecule has 2 aliphatic rings. The topological polar surface area (TPSA) is 149 Å². The number of rotatable bonds is 7. The summed E-state index contributed by atoms with van der Waals surface area (Å²) in [5.74, 6) is 1.67. The van der Waals surface area contributed by atoms with E-state index in [4.69, 9.17) is 23.0 Å². The van der Waals surface area contributed by atoms with Gasteiger partial charge in [-0.05, 0) is 128 Å². The first-order valence-electron chi connectivity index (χ1n) is 20.0. The average molecular weight is 823 g/mol. The number of fused-ring (bicyclic) bond motifs is 6. The second-order valence-electron chi connectivity index (χ2n) is 16.8. The summed E-state index contributed by atoms with van der Waals surface area (Å²) in [7, 11) is 1.59. The van der Waals surface area contributed by atoms with Gasteiger partial charge in [0.25, 0.3) is 0 Å². The molecule has 314 valence electrons. The van der Waals surface area contributed by atoms with Crippen molar-refractivity contribution in [1.82, 2.24) is 0 Å². The Morgan fingerprint density at radius 2 is 1.02 bits per heavy atom. The molecule has 61 heavy (non-hydrogen) atoms. The van der Waals surface area contributed by atoms with Crippen molar-refractivity contribution < 1.29 is 38.4 Å². The maximum Gasteiger partial charge on any atom is 0.204 e. The lowest BCUT2D eigenvalue weighted by Crippen LogP contribution is -2.28. The molecule has 0 bridgehead atoms. The SMILES string of the molecule is CC(C)=CCc1c2c(c3occ(-c4ccc(O)cc4)c(=O)c3c1O)C=CC(C)(C)O2.COc1ccc(-c2coc3c4c(c(CC=C(C)C)c(O)c3c2=O)OC(C)(C)C=C4)cc1. The Morgan fingerprint density at radius 3 is 1.39 bits per heavy atom. The van der Waals surface area contributed by atoms with Crippen LogP contribution in [-0.4, -0.2) is 33.6 Å². The number of phenols is 3. The average Bonchev–Trinajstić information content (AvgIpc) is 3.20. The van der Waals surface area contributed by atoms with Crippen molar-refractivity contribution in [3.63, 3.8) is 0 Å². The van der Waals surface area contributed by atoms with Crippen LogP contribution in [0.2, 0.25) is 0 Å². The third kappa shape index (κ3) is 8.31. The monoisotopic (exact) mass is 822 g/mol. The Hall–Kier alpha value is -6.94. The van der Waals surface area contributed by atoms with E-state index in [2.05, 4.69) is 0 Å². The first kappa shape index (κ1) is 42.2. The minimum atomic E-state index is -0.543. The second kappa shape index (κ2) is 16.3. The van der Waals surface area contributed by atoms with Gasteiger partial charge in [0.2, 0.25) is 10.9 Å². The Bertz CT molecular complexity index is 2930. The lowest BCUT2D eigenvalue weighted by atomic mass is 9.93. The lowest BCUT2D eigenvalue weighted by Gasteiger charge is -2.30. The molecule has 4 heterocycles. The summed E-state index contributed by atoms with van der Waals surface area (Å²) in [6, 6.07) is 13.4. The highest BCUT2D eigenvalue weighted by molar-refractivity contribution is 5.98. The van der Waals surface area contributed by atoms with Gasteiger partial charge in [-0.15, -0.1) is 0 Å². The standard InChI is InChI=1S/C26H26O5.C25H24O5/c1-15(2)6-11-18-22(27)21-23(28)20(16-7-9-17(29-5)10-8-16)14-30-25(21)19-12-13-26(3,4)31-24(18)19;1-14(2)5-10-17-21(27)20-22(28)19(15-6-8-16(26)9-7-15)13-29-24(20)18-11-12-25(3,4)30-23(17)18/h6-10,12-14,27H,11H2,1-5H3;5-9,11-13,26-27H,10H2,1-4H3. The van der Waals surface area contributed by atoms with Gasteiger partial charge in [-0.25, -0.2) is 0 Å². The van der Waals surface area contributed by atoms with Gasteiger partial charge in [0, 0.05) is 11.1 Å². The Balaban J connectivity index is 0.000000184. The van der Waals surface area contributed by atoms with Crippen LogP contribution in [0.1, 0.15) is 77.6 Å². The van der Waals surface area contributed by atoms with Crippen molar-refractivity contribution >= 4 is 34.1 Å². The van der Waals surface area contributed by atoms with E-state index in [1.165, 1.54) is 24.7 Å². The molecule has 2 aliphatic heterocycles. The van der Waals surface area contributed by atoms with Crippen LogP contribution < -0.4 is 25.1 Å². The Morgan fingerprint density at radius 1 is 0.623 bits per heavy atom. The maximum absolute atomic E-state index is 13.5. The van der Waals surface area contributed by atoms with E-state index in [1.54, 1.807) is 43.5 Å². The summed E-state index contributed by atoms with van der Waals surface area (Å²) >= 11 is 0. The van der Waals surface area contributed by atoms with Crippen molar-refractivity contribution in [2.24, 2.45) is 0 Å². The molecule has 10 heteroatoms. The molecule has 0 amide bonds. The van der Waals surface area contributed by atoms with Crippen molar-refractivity contribution in [1.29, 1.82) is 0 Å². The molecule has 0 saturated carbocycles. The fraction of sp³-hybridized carbons (Fsp3) is 0.255. The number of phenolic OH excluding ortho intramolecular Hbond substituents is 3. The summed E-state index contributed by atoms with van der Waals surface area (Å²) in [6.07, 6.45) is 15.3. The first-order chi connectivity index (χ1) is 28.9. The van der Waals surface area contributed by atoms with E-state index in [0.29, 0.717) is 85.8 Å². The zero-order valence-electron chi connectivity index (χ0n) is 35.9. The molecule has 6 aromatic rings. The van der Waals surface area contributed by atoms with Gasteiger partial charge in [0.1, 0.15) is 69.0 Å². The van der Waals surface area contributed by atoms with E-state index in [0.717, 1.165) is 11.1 Å². The molecule has 0 saturated heterocycles. The lowest BCUT2D eigenvalue weighted by molar-refractivity contribution is 0.156. The second-order valence-corrected chi connectivity index (χ2v) is 16.8. The molecule has 0 atom stereocenters. The number of ether oxygens (including phenoxy) is 3. The summed E-state index contributed by atoms with van der Waals surface area (Å²) < 4.78 is 29.4. The van der Waals surface area contributed by atoms with Crippen LogP contribution in [0.4, 0.5) is 0 Å². The van der Waals surface area contributed by atoms with Crippen molar-refractivity contribution in [2.75, 3.05) is 7.11 Å². The highest BCUT2D eigenvalue weighted by Gasteiger charge is 2.32. The van der Waals surface area contributed by atoms with E-state index >= 15 is 0 Å². The van der Waals surface area contributed by atoms with Crippen LogP contribution in [-0.2, 0) is 12.8 Å². The highest BCUT2D eigenvalue weighted by Crippen LogP contribution is 2.46. The van der Waals surface area contributed by atoms with Gasteiger partial charge < -0.3 is 38.4 Å². The minimum Gasteiger partial charge on any atom is -0.508 e. The van der Waals surface area contributed by atoms with E-state index in [9.17, 15) is 24.9 Å². The quantitative estimate of drug-likeness (QED) is 0.133. The molecule has 0 unspecified atom stereocenters. The minimum absolute atomic E-state index is 0.0959. The molecular formula is C51H50O10. The smallest absolute Gasteiger partial charge is 0.204 e. The predicted octanol–water partition coefficient (Wildman–Crippen LogP) is 11.4. The van der Waals surface area contributed by atoms with Crippen molar-refractivity contribution in [3.05, 3.63) is 139 Å². The molecule has 3 N–H and O–H groups in total. The van der Waals surface area contributed by atoms with Crippen LogP contribution in [0.25, 0.3) is 56.3 Å². The van der Waals surface area contributed by atoms with Gasteiger partial charge in [0.05, 0.1) is 29.4 Å². The molecular weight excluding hydrogens is 773 g/mol. The summed E-state index contributed by atoms with van der Waals surface area (Å²) in [5, 5.41) is 32.2. The molecule has 8 rings (SSSR count). The summed E-state index contributed by atoms with van der Waals surface area (Å²) in [4.78, 5) is 26.9. The van der Waals surface area contributed by atoms with E-state index < -0.39 is 11.2 Å². The molecule has 2 aromatic heterocycles. The normalized spacial score (nSPS) is 14.2. The first-order valence-corrected chi connectivity index (χ1v) is 20.0. The summed E-state index contributed by atoms with van der Waals surface area (Å²) in [6.45, 7) is 15.7. The van der Waals surface area contributed by atoms with Crippen LogP contribution in [0, 0.1) is 0 Å². The third-order valence-electron chi connectivity index (χ3n) is 10.6. The summed E-state index contributed by atoms with van der Waals surface area (Å²) in [5.41, 5.74) is 5.56. The number of aromatic hydroxyl groups is 3. The van der Waals surface area contributed by atoms with Crippen molar-refractivity contribution in [3.8, 4) is 56.8 Å². The number of hydrogen-bond acceptors (Lipinski definition) is 10. The van der Waals surface area contributed by atoms with Gasteiger partial charge >= 0.3 is 0 Å². The van der Waals surface area contributed by atoms with E-state index in [-0.39, 0.29) is 38.9 Å². The van der Waals surface area contributed by atoms with Gasteiger partial charge in [0.15, 0.2) is 11.2 Å². The molecule has 10 nitrogen and oxygen atoms in total. The van der Waals surface area contributed by atoms with Crippen LogP contribution in [0.5, 0.6) is 34.5 Å². The van der Waals surface area contributed by atoms with E-state index in [1.807, 2.05) is 91.8 Å². The predicted molar refractivity (Wildman–Crippen MR) is 241 cm³/mol.